The first-order valence-electron chi connectivity index (χ1n) is 11.8. The molecule has 1 saturated carbocycles. The van der Waals surface area contributed by atoms with E-state index in [0.717, 1.165) is 57.4 Å². The van der Waals surface area contributed by atoms with Crippen LogP contribution in [0.25, 0.3) is 10.9 Å². The number of hydrogen-bond donors (Lipinski definition) is 3. The Morgan fingerprint density at radius 3 is 2.79 bits per heavy atom. The third kappa shape index (κ3) is 5.23. The molecule has 1 amide bonds. The molecule has 0 bridgehead atoms. The van der Waals surface area contributed by atoms with Crippen molar-refractivity contribution in [1.82, 2.24) is 20.1 Å². The van der Waals surface area contributed by atoms with Crippen molar-refractivity contribution in [2.45, 2.75) is 44.7 Å². The number of nitrogens with one attached hydrogen (secondary N) is 2. The van der Waals surface area contributed by atoms with E-state index in [1.54, 1.807) is 19.2 Å². The van der Waals surface area contributed by atoms with Crippen LogP contribution in [0.4, 0.5) is 4.39 Å². The van der Waals surface area contributed by atoms with E-state index in [-0.39, 0.29) is 17.8 Å². The molecule has 2 atom stereocenters. The van der Waals surface area contributed by atoms with E-state index in [0.29, 0.717) is 33.2 Å². The Bertz CT molecular complexity index is 1050. The summed E-state index contributed by atoms with van der Waals surface area (Å²) in [5, 5.41) is 23.9. The second-order valence-electron chi connectivity index (χ2n) is 9.13. The van der Waals surface area contributed by atoms with Gasteiger partial charge in [-0.05, 0) is 55.0 Å². The van der Waals surface area contributed by atoms with Gasteiger partial charge in [0.2, 0.25) is 0 Å². The summed E-state index contributed by atoms with van der Waals surface area (Å²) in [6, 6.07) is 5.18. The minimum Gasteiger partial charge on any atom is -0.797 e. The number of benzene rings is 1. The molecule has 2 aromatic rings. The van der Waals surface area contributed by atoms with Gasteiger partial charge in [-0.2, -0.15) is 0 Å². The summed E-state index contributed by atoms with van der Waals surface area (Å²) in [6.45, 7) is 4.36. The van der Waals surface area contributed by atoms with Crippen LogP contribution in [0.15, 0.2) is 23.2 Å². The predicted octanol–water partition coefficient (Wildman–Crippen LogP) is 1.09. The fourth-order valence-corrected chi connectivity index (χ4v) is 5.10. The number of amidine groups is 1. The van der Waals surface area contributed by atoms with E-state index in [1.165, 1.54) is 12.3 Å². The molecule has 9 nitrogen and oxygen atoms in total. The van der Waals surface area contributed by atoms with E-state index in [1.807, 2.05) is 6.92 Å². The van der Waals surface area contributed by atoms with Gasteiger partial charge in [-0.1, -0.05) is 6.07 Å². The number of H-pyrrole nitrogens is 1. The first-order valence-corrected chi connectivity index (χ1v) is 11.8. The smallest absolute Gasteiger partial charge is 0.267 e. The van der Waals surface area contributed by atoms with Gasteiger partial charge >= 0.3 is 0 Å². The highest BCUT2D eigenvalue weighted by Crippen LogP contribution is 2.26. The summed E-state index contributed by atoms with van der Waals surface area (Å²) < 4.78 is 14.7. The maximum atomic E-state index is 14.1. The average Bonchev–Trinajstić information content (AvgIpc) is 3.32. The Morgan fingerprint density at radius 2 is 2.12 bits per heavy atom. The number of amides is 1. The quantitative estimate of drug-likeness (QED) is 0.151. The van der Waals surface area contributed by atoms with Crippen molar-refractivity contribution in [2.24, 2.45) is 4.99 Å². The molecule has 0 unspecified atom stereocenters. The van der Waals surface area contributed by atoms with E-state index < -0.39 is 6.73 Å². The third-order valence-corrected chi connectivity index (χ3v) is 6.96. The Morgan fingerprint density at radius 1 is 1.35 bits per heavy atom. The molecule has 34 heavy (non-hydrogen) atoms. The molecule has 2 fully saturated rings. The lowest BCUT2D eigenvalue weighted by Crippen LogP contribution is -2.55. The van der Waals surface area contributed by atoms with E-state index in [2.05, 4.69) is 25.1 Å². The number of hydrogen-bond acceptors (Lipinski definition) is 5. The Hall–Kier alpha value is -2.98. The normalized spacial score (nSPS) is 22.9. The number of aromatic amines is 1. The van der Waals surface area contributed by atoms with Crippen LogP contribution >= 0.6 is 0 Å². The van der Waals surface area contributed by atoms with Crippen molar-refractivity contribution in [1.29, 1.82) is 0 Å². The van der Waals surface area contributed by atoms with Crippen LogP contribution in [0.5, 0.6) is 0 Å². The maximum absolute atomic E-state index is 14.1. The Labute approximate surface area is 198 Å². The zero-order valence-corrected chi connectivity index (χ0v) is 19.8. The molecule has 3 N–H and O–H groups in total. The molecule has 1 aliphatic heterocycles. The first-order chi connectivity index (χ1) is 16.4. The molecular formula is C24H33FN6O3. The molecular weight excluding hydrogens is 439 g/mol. The summed E-state index contributed by atoms with van der Waals surface area (Å²) in [4.78, 5) is 24.7. The van der Waals surface area contributed by atoms with Gasteiger partial charge in [-0.3, -0.25) is 19.9 Å². The molecule has 1 aromatic heterocycles. The average molecular weight is 473 g/mol. The zero-order valence-electron chi connectivity index (χ0n) is 19.8. The van der Waals surface area contributed by atoms with Crippen LogP contribution in [0.1, 0.15) is 41.7 Å². The Kier molecular flexibility index (Phi) is 7.47. The molecule has 1 aliphatic carbocycles. The number of piperazine rings is 1. The standard InChI is InChI=1S/C24H33FN6O3/c1-16-6-7-20(25)19-13-21(28-23(16)19)24(33)27-17-4-3-5-18(12-17)29-8-10-30(11-9-29)22(26-2)14-31(34)15-32/h6-7,13-14,17-18,28,34H,3-5,8-12,15H2,1-2H3,(H,27,33)/b26-22?,31-14-/t17-,18+/m1/s1. The fraction of sp³-hybridized carbons (Fsp3) is 0.542. The van der Waals surface area contributed by atoms with Gasteiger partial charge < -0.3 is 20.3 Å². The van der Waals surface area contributed by atoms with Crippen LogP contribution in [-0.2, 0) is 0 Å². The van der Waals surface area contributed by atoms with Crippen LogP contribution in [-0.4, -0.2) is 94.7 Å². The topological polar surface area (TPSA) is 110 Å². The summed E-state index contributed by atoms with van der Waals surface area (Å²) >= 11 is 0. The van der Waals surface area contributed by atoms with E-state index in [9.17, 15) is 19.5 Å². The highest BCUT2D eigenvalue weighted by Gasteiger charge is 2.31. The maximum Gasteiger partial charge on any atom is 0.267 e. The van der Waals surface area contributed by atoms with Gasteiger partial charge in [0.25, 0.3) is 12.1 Å². The number of halogens is 1. The van der Waals surface area contributed by atoms with Crippen LogP contribution < -0.4 is 10.4 Å². The first kappa shape index (κ1) is 24.2. The fourth-order valence-electron chi connectivity index (χ4n) is 5.10. The summed E-state index contributed by atoms with van der Waals surface area (Å²) in [5.41, 5.74) is 1.95. The number of carbonyl (C=O) groups is 1. The number of fused-ring (bicyclic) bond motifs is 1. The van der Waals surface area contributed by atoms with Crippen LogP contribution in [0, 0.1) is 12.7 Å². The molecule has 2 aliphatic rings. The molecule has 0 radical (unpaired) electrons. The van der Waals surface area contributed by atoms with Gasteiger partial charge in [-0.15, -0.1) is 0 Å². The highest BCUT2D eigenvalue weighted by atomic mass is 19.1. The largest absolute Gasteiger partial charge is 0.797 e. The van der Waals surface area contributed by atoms with Gasteiger partial charge in [-0.25, -0.2) is 4.39 Å². The Balaban J connectivity index is 1.34. The summed E-state index contributed by atoms with van der Waals surface area (Å²) in [7, 11) is 1.65. The number of rotatable bonds is 5. The van der Waals surface area contributed by atoms with Crippen molar-refractivity contribution in [3.63, 3.8) is 0 Å². The second-order valence-corrected chi connectivity index (χ2v) is 9.13. The molecule has 4 rings (SSSR count). The van der Waals surface area contributed by atoms with Crippen molar-refractivity contribution >= 4 is 28.9 Å². The third-order valence-electron chi connectivity index (χ3n) is 6.96. The van der Waals surface area contributed by atoms with Crippen molar-refractivity contribution in [3.05, 3.63) is 35.3 Å². The minimum absolute atomic E-state index is 0.0720. The lowest BCUT2D eigenvalue weighted by atomic mass is 9.89. The molecule has 2 heterocycles. The number of nitrogens with zero attached hydrogens (tertiary/aromatic N) is 4. The van der Waals surface area contributed by atoms with Crippen LogP contribution in [0.3, 0.4) is 0 Å². The lowest BCUT2D eigenvalue weighted by molar-refractivity contribution is -0.842. The SMILES string of the molecule is CN=C(/C=[N+](\O)C[O-])N1CCN([C@H]2CCC[C@@H](NC(=O)c3cc4c(F)ccc(C)c4[nH]3)C2)CC1. The van der Waals surface area contributed by atoms with Gasteiger partial charge in [0.15, 0.2) is 5.84 Å². The summed E-state index contributed by atoms with van der Waals surface area (Å²) in [6.07, 6.45) is 5.30. The van der Waals surface area contributed by atoms with E-state index >= 15 is 0 Å². The molecule has 0 spiro atoms. The van der Waals surface area contributed by atoms with Crippen LogP contribution in [0.2, 0.25) is 0 Å². The molecule has 1 aromatic carbocycles. The van der Waals surface area contributed by atoms with Gasteiger partial charge in [0, 0.05) is 50.7 Å². The molecule has 184 valence electrons. The van der Waals surface area contributed by atoms with E-state index in [4.69, 9.17) is 0 Å². The number of aromatic nitrogens is 1. The van der Waals surface area contributed by atoms with Crippen molar-refractivity contribution in [2.75, 3.05) is 40.0 Å². The molecule has 1 saturated heterocycles. The number of carbonyl (C=O) groups excluding carboxylic acids is 1. The van der Waals surface area contributed by atoms with Crippen molar-refractivity contribution < 1.29 is 24.2 Å². The predicted molar refractivity (Wildman–Crippen MR) is 126 cm³/mol. The van der Waals surface area contributed by atoms with Crippen molar-refractivity contribution in [3.8, 4) is 0 Å². The highest BCUT2D eigenvalue weighted by molar-refractivity contribution is 6.27. The number of aliphatic imine (C=N–C) groups is 1. The summed E-state index contributed by atoms with van der Waals surface area (Å²) in [5.74, 6) is 0.0647. The minimum atomic E-state index is -0.735. The van der Waals surface area contributed by atoms with Gasteiger partial charge in [0.1, 0.15) is 18.2 Å². The number of hydroxylamine groups is 1. The molecule has 10 heteroatoms. The lowest BCUT2D eigenvalue weighted by Gasteiger charge is -2.42. The van der Waals surface area contributed by atoms with Gasteiger partial charge in [0.05, 0.1) is 5.52 Å². The monoisotopic (exact) mass is 472 g/mol. The number of aryl methyl sites for hydroxylation is 1. The zero-order chi connectivity index (χ0) is 24.2. The second kappa shape index (κ2) is 10.5.